The molecule has 1 saturated heterocycles. The summed E-state index contributed by atoms with van der Waals surface area (Å²) in [4.78, 5) is 23.5. The predicted molar refractivity (Wildman–Crippen MR) is 147 cm³/mol. The molecule has 0 saturated carbocycles. The summed E-state index contributed by atoms with van der Waals surface area (Å²) in [5.74, 6) is 2.38. The summed E-state index contributed by atoms with van der Waals surface area (Å²) in [6.07, 6.45) is 3.67. The summed E-state index contributed by atoms with van der Waals surface area (Å²) in [6.45, 7) is 11.2. The maximum absolute atomic E-state index is 12.5. The Kier molecular flexibility index (Phi) is 7.32. The SMILES string of the molecule is Cc1cc(Nc2nc(Nc3cc(C)c(C4CCN(C(=O)C(C)(C)N)CC4)cc3C)ncc2I)n[nH]1. The number of nitrogens with one attached hydrogen (secondary N) is 3. The largest absolute Gasteiger partial charge is 0.341 e. The lowest BCUT2D eigenvalue weighted by Crippen LogP contribution is -2.53. The minimum absolute atomic E-state index is 0.0252. The number of hydrogen-bond donors (Lipinski definition) is 4. The molecule has 5 N–H and O–H groups in total. The van der Waals surface area contributed by atoms with Gasteiger partial charge in [0.05, 0.1) is 9.11 Å². The predicted octanol–water partition coefficient (Wildman–Crippen LogP) is 4.66. The van der Waals surface area contributed by atoms with Crippen molar-refractivity contribution in [3.63, 3.8) is 0 Å². The minimum Gasteiger partial charge on any atom is -0.341 e. The second-order valence-electron chi connectivity index (χ2n) is 9.89. The van der Waals surface area contributed by atoms with E-state index in [1.807, 2.05) is 17.9 Å². The molecule has 0 radical (unpaired) electrons. The summed E-state index contributed by atoms with van der Waals surface area (Å²) in [7, 11) is 0. The van der Waals surface area contributed by atoms with Crippen molar-refractivity contribution in [3.8, 4) is 0 Å². The van der Waals surface area contributed by atoms with Gasteiger partial charge in [-0.3, -0.25) is 9.89 Å². The summed E-state index contributed by atoms with van der Waals surface area (Å²) in [5.41, 5.74) is 10.8. The van der Waals surface area contributed by atoms with Crippen molar-refractivity contribution in [1.29, 1.82) is 0 Å². The van der Waals surface area contributed by atoms with Crippen LogP contribution in [0.2, 0.25) is 0 Å². The highest BCUT2D eigenvalue weighted by Crippen LogP contribution is 2.34. The van der Waals surface area contributed by atoms with Gasteiger partial charge in [0.1, 0.15) is 0 Å². The molecule has 3 aromatic rings. The van der Waals surface area contributed by atoms with Crippen LogP contribution in [0.25, 0.3) is 0 Å². The highest BCUT2D eigenvalue weighted by atomic mass is 127. The molecule has 3 heterocycles. The lowest BCUT2D eigenvalue weighted by Gasteiger charge is -2.36. The van der Waals surface area contributed by atoms with E-state index in [4.69, 9.17) is 5.73 Å². The molecule has 0 atom stereocenters. The molecule has 1 aliphatic rings. The van der Waals surface area contributed by atoms with Gasteiger partial charge in [0.2, 0.25) is 11.9 Å². The monoisotopic (exact) mass is 588 g/mol. The number of H-pyrrole nitrogens is 1. The number of carbonyl (C=O) groups excluding carboxylic acids is 1. The molecule has 1 aromatic carbocycles. The van der Waals surface area contributed by atoms with Crippen LogP contribution in [0.3, 0.4) is 0 Å². The quantitative estimate of drug-likeness (QED) is 0.309. The molecule has 0 unspecified atom stereocenters. The van der Waals surface area contributed by atoms with Gasteiger partial charge in [-0.25, -0.2) is 4.98 Å². The van der Waals surface area contributed by atoms with Crippen LogP contribution in [0.15, 0.2) is 24.4 Å². The number of aromatic nitrogens is 4. The summed E-state index contributed by atoms with van der Waals surface area (Å²) < 4.78 is 0.903. The van der Waals surface area contributed by atoms with Crippen LogP contribution in [0.4, 0.5) is 23.3 Å². The van der Waals surface area contributed by atoms with Gasteiger partial charge in [-0.1, -0.05) is 6.07 Å². The molecule has 0 bridgehead atoms. The minimum atomic E-state index is -0.823. The van der Waals surface area contributed by atoms with Crippen LogP contribution in [-0.2, 0) is 4.79 Å². The van der Waals surface area contributed by atoms with E-state index in [1.54, 1.807) is 20.0 Å². The number of benzene rings is 1. The average Bonchev–Trinajstić information content (AvgIpc) is 3.22. The van der Waals surface area contributed by atoms with E-state index in [9.17, 15) is 4.79 Å². The zero-order valence-corrected chi connectivity index (χ0v) is 23.0. The number of nitrogens with zero attached hydrogens (tertiary/aromatic N) is 4. The number of aryl methyl sites for hydroxylation is 3. The zero-order valence-electron chi connectivity index (χ0n) is 20.9. The van der Waals surface area contributed by atoms with Crippen LogP contribution in [0.5, 0.6) is 0 Å². The number of halogens is 1. The van der Waals surface area contributed by atoms with E-state index in [2.05, 4.69) is 79.4 Å². The Morgan fingerprint density at radius 3 is 2.49 bits per heavy atom. The molecule has 1 fully saturated rings. The van der Waals surface area contributed by atoms with Crippen molar-refractivity contribution in [2.45, 2.75) is 58.9 Å². The van der Waals surface area contributed by atoms with Crippen LogP contribution in [0, 0.1) is 24.3 Å². The normalized spacial score (nSPS) is 14.8. The van der Waals surface area contributed by atoms with E-state index in [-0.39, 0.29) is 5.91 Å². The molecule has 0 aliphatic carbocycles. The average molecular weight is 588 g/mol. The summed E-state index contributed by atoms with van der Waals surface area (Å²) in [5, 5.41) is 13.8. The second kappa shape index (κ2) is 10.1. The van der Waals surface area contributed by atoms with Gasteiger partial charge in [0, 0.05) is 36.7 Å². The van der Waals surface area contributed by atoms with E-state index < -0.39 is 5.54 Å². The third-order valence-corrected chi connectivity index (χ3v) is 7.12. The molecule has 1 aliphatic heterocycles. The molecule has 2 aromatic heterocycles. The highest BCUT2D eigenvalue weighted by molar-refractivity contribution is 14.1. The maximum Gasteiger partial charge on any atom is 0.242 e. The van der Waals surface area contributed by atoms with Gasteiger partial charge in [-0.2, -0.15) is 10.1 Å². The van der Waals surface area contributed by atoms with E-state index >= 15 is 0 Å². The van der Waals surface area contributed by atoms with Gasteiger partial charge >= 0.3 is 0 Å². The molecular formula is C25H33IN8O. The molecule has 9 nitrogen and oxygen atoms in total. The van der Waals surface area contributed by atoms with Crippen molar-refractivity contribution in [1.82, 2.24) is 25.1 Å². The highest BCUT2D eigenvalue weighted by Gasteiger charge is 2.31. The van der Waals surface area contributed by atoms with Crippen molar-refractivity contribution >= 4 is 51.8 Å². The van der Waals surface area contributed by atoms with Gasteiger partial charge in [-0.05, 0) is 98.7 Å². The van der Waals surface area contributed by atoms with E-state index in [0.717, 1.165) is 46.4 Å². The molecule has 0 spiro atoms. The lowest BCUT2D eigenvalue weighted by molar-refractivity contribution is -0.136. The van der Waals surface area contributed by atoms with Crippen LogP contribution in [0.1, 0.15) is 55.0 Å². The third kappa shape index (κ3) is 5.92. The first-order chi connectivity index (χ1) is 16.5. The Bertz CT molecular complexity index is 1220. The molecule has 186 valence electrons. The molecule has 10 heteroatoms. The Morgan fingerprint density at radius 2 is 1.86 bits per heavy atom. The first-order valence-corrected chi connectivity index (χ1v) is 12.9. The number of rotatable bonds is 6. The Morgan fingerprint density at radius 1 is 1.14 bits per heavy atom. The smallest absolute Gasteiger partial charge is 0.242 e. The fourth-order valence-electron chi connectivity index (χ4n) is 4.45. The van der Waals surface area contributed by atoms with E-state index in [1.165, 1.54) is 11.1 Å². The fraction of sp³-hybridized carbons (Fsp3) is 0.440. The second-order valence-corrected chi connectivity index (χ2v) is 11.1. The molecule has 1 amide bonds. The van der Waals surface area contributed by atoms with Crippen LogP contribution >= 0.6 is 22.6 Å². The Labute approximate surface area is 219 Å². The first-order valence-electron chi connectivity index (χ1n) is 11.8. The van der Waals surface area contributed by atoms with Crippen LogP contribution < -0.4 is 16.4 Å². The maximum atomic E-state index is 12.5. The summed E-state index contributed by atoms with van der Waals surface area (Å²) >= 11 is 2.21. The fourth-order valence-corrected chi connectivity index (χ4v) is 4.85. The van der Waals surface area contributed by atoms with Gasteiger partial charge < -0.3 is 21.3 Å². The number of likely N-dealkylation sites (tertiary alicyclic amines) is 1. The van der Waals surface area contributed by atoms with Crippen molar-refractivity contribution in [2.24, 2.45) is 5.73 Å². The van der Waals surface area contributed by atoms with Crippen molar-refractivity contribution < 1.29 is 4.79 Å². The van der Waals surface area contributed by atoms with Gasteiger partial charge in [-0.15, -0.1) is 0 Å². The Hall–Kier alpha value is -2.73. The van der Waals surface area contributed by atoms with Gasteiger partial charge in [0.15, 0.2) is 11.6 Å². The molecule has 4 rings (SSSR count). The third-order valence-electron chi connectivity index (χ3n) is 6.33. The first kappa shape index (κ1) is 25.4. The number of piperidine rings is 1. The van der Waals surface area contributed by atoms with Crippen LogP contribution in [-0.4, -0.2) is 49.6 Å². The lowest BCUT2D eigenvalue weighted by atomic mass is 9.85. The topological polar surface area (TPSA) is 125 Å². The van der Waals surface area contributed by atoms with E-state index in [0.29, 0.717) is 23.5 Å². The zero-order chi connectivity index (χ0) is 25.3. The number of nitrogens with two attached hydrogens (primary N) is 1. The van der Waals surface area contributed by atoms with Crippen molar-refractivity contribution in [2.75, 3.05) is 23.7 Å². The number of carbonyl (C=O) groups is 1. The molecular weight excluding hydrogens is 555 g/mol. The van der Waals surface area contributed by atoms with Gasteiger partial charge in [0.25, 0.3) is 0 Å². The summed E-state index contributed by atoms with van der Waals surface area (Å²) in [6, 6.07) is 6.34. The number of amides is 1. The van der Waals surface area contributed by atoms with Crippen molar-refractivity contribution in [3.05, 3.63) is 50.4 Å². The molecule has 35 heavy (non-hydrogen) atoms. The number of anilines is 4. The Balaban J connectivity index is 1.47. The standard InChI is InChI=1S/C25H33IN8O/c1-14-11-20(29-24-28-13-19(26)22(31-24)30-21-12-16(3)32-33-21)15(2)10-18(14)17-6-8-34(9-7-17)23(35)25(4,5)27/h10-13,17H,6-9,27H2,1-5H3,(H3,28,29,30,31,32,33). The number of aromatic amines is 1. The number of hydrogen-bond acceptors (Lipinski definition) is 7.